The maximum Gasteiger partial charge on any atom is 0.244 e. The minimum absolute atomic E-state index is 0.0293. The number of carbonyl (C=O) groups is 1. The molecule has 0 radical (unpaired) electrons. The smallest absolute Gasteiger partial charge is 0.244 e. The molecule has 1 saturated heterocycles. The van der Waals surface area contributed by atoms with Gasteiger partial charge in [-0.15, -0.1) is 0 Å². The van der Waals surface area contributed by atoms with Gasteiger partial charge in [0, 0.05) is 13.0 Å². The Labute approximate surface area is 157 Å². The number of benzene rings is 2. The van der Waals surface area contributed by atoms with E-state index in [-0.39, 0.29) is 35.1 Å². The molecule has 3 rings (SSSR count). The molecule has 0 saturated carbocycles. The molecule has 0 atom stereocenters. The Kier molecular flexibility index (Phi) is 5.22. The Morgan fingerprint density at radius 2 is 1.85 bits per heavy atom. The summed E-state index contributed by atoms with van der Waals surface area (Å²) in [4.78, 5) is 11.7. The predicted octanol–water partition coefficient (Wildman–Crippen LogP) is 1.24. The first-order valence-electron chi connectivity index (χ1n) is 8.02. The van der Waals surface area contributed by atoms with Gasteiger partial charge < -0.3 is 4.74 Å². The number of rotatable bonds is 6. The number of nitrogens with one attached hydrogen (secondary N) is 1. The van der Waals surface area contributed by atoms with Crippen LogP contribution in [-0.4, -0.2) is 35.6 Å². The second-order valence-electron chi connectivity index (χ2n) is 5.87. The number of nitrogens with zero attached hydrogens (tertiary/aromatic N) is 1. The normalized spacial score (nSPS) is 16.5. The number of anilines is 1. The molecule has 1 heterocycles. The van der Waals surface area contributed by atoms with Crippen molar-refractivity contribution in [3.8, 4) is 5.75 Å². The quantitative estimate of drug-likeness (QED) is 0.767. The summed E-state index contributed by atoms with van der Waals surface area (Å²) < 4.78 is 57.9. The number of carbonyl (C=O) groups excluding carboxylic acids is 1. The lowest BCUT2D eigenvalue weighted by molar-refractivity contribution is -0.116. The Bertz CT molecular complexity index is 1070. The van der Waals surface area contributed by atoms with Gasteiger partial charge in [-0.05, 0) is 23.8 Å². The van der Waals surface area contributed by atoms with E-state index in [1.165, 1.54) is 19.2 Å². The molecule has 10 heteroatoms. The summed E-state index contributed by atoms with van der Waals surface area (Å²) in [7, 11) is -6.51. The van der Waals surface area contributed by atoms with Crippen LogP contribution in [0.4, 0.5) is 5.69 Å². The highest BCUT2D eigenvalue weighted by molar-refractivity contribution is 7.94. The summed E-state index contributed by atoms with van der Waals surface area (Å²) in [6.45, 7) is 0.0531. The van der Waals surface area contributed by atoms with Gasteiger partial charge in [-0.2, -0.15) is 0 Å². The highest BCUT2D eigenvalue weighted by Crippen LogP contribution is 2.32. The summed E-state index contributed by atoms with van der Waals surface area (Å²) in [5.74, 6) is -0.851. The van der Waals surface area contributed by atoms with Crippen LogP contribution < -0.4 is 13.8 Å². The van der Waals surface area contributed by atoms with E-state index in [1.54, 1.807) is 24.3 Å². The largest absolute Gasteiger partial charge is 0.495 e. The van der Waals surface area contributed by atoms with Crippen molar-refractivity contribution in [3.63, 3.8) is 0 Å². The van der Waals surface area contributed by atoms with Crippen molar-refractivity contribution < 1.29 is 26.4 Å². The molecule has 0 aromatic heterocycles. The van der Waals surface area contributed by atoms with Gasteiger partial charge in [0.1, 0.15) is 10.6 Å². The molecule has 1 aliphatic heterocycles. The number of hydrogen-bond acceptors (Lipinski definition) is 6. The van der Waals surface area contributed by atoms with Crippen molar-refractivity contribution in [1.82, 2.24) is 4.72 Å². The zero-order valence-corrected chi connectivity index (χ0v) is 16.1. The summed E-state index contributed by atoms with van der Waals surface area (Å²) >= 11 is 0. The van der Waals surface area contributed by atoms with Crippen LogP contribution in [0.15, 0.2) is 53.4 Å². The monoisotopic (exact) mass is 410 g/mol. The molecule has 2 aromatic carbocycles. The first-order valence-corrected chi connectivity index (χ1v) is 11.1. The number of methoxy groups -OCH3 is 1. The zero-order chi connectivity index (χ0) is 19.7. The minimum Gasteiger partial charge on any atom is -0.495 e. The Balaban J connectivity index is 1.97. The van der Waals surface area contributed by atoms with E-state index in [1.807, 2.05) is 6.07 Å². The molecule has 0 aliphatic carbocycles. The molecular weight excluding hydrogens is 392 g/mol. The lowest BCUT2D eigenvalue weighted by atomic mass is 10.2. The van der Waals surface area contributed by atoms with Crippen LogP contribution in [0.5, 0.6) is 5.75 Å². The number of ether oxygens (including phenoxy) is 1. The van der Waals surface area contributed by atoms with Gasteiger partial charge in [0.25, 0.3) is 0 Å². The third kappa shape index (κ3) is 3.97. The maximum atomic E-state index is 12.8. The van der Waals surface area contributed by atoms with E-state index < -0.39 is 26.0 Å². The molecule has 1 amide bonds. The molecule has 0 bridgehead atoms. The number of sulfonamides is 2. The van der Waals surface area contributed by atoms with Crippen molar-refractivity contribution in [2.75, 3.05) is 17.2 Å². The maximum absolute atomic E-state index is 12.8. The first kappa shape index (κ1) is 19.3. The summed E-state index contributed by atoms with van der Waals surface area (Å²) in [5, 5.41) is 0. The van der Waals surface area contributed by atoms with E-state index >= 15 is 0 Å². The fourth-order valence-electron chi connectivity index (χ4n) is 2.72. The minimum atomic E-state index is -4.02. The molecule has 27 heavy (non-hydrogen) atoms. The molecule has 1 aliphatic rings. The third-order valence-electron chi connectivity index (χ3n) is 4.06. The fraction of sp³-hybridized carbons (Fsp3) is 0.235. The fourth-order valence-corrected chi connectivity index (χ4v) is 5.38. The molecule has 0 spiro atoms. The first-order chi connectivity index (χ1) is 12.7. The second kappa shape index (κ2) is 7.29. The standard InChI is InChI=1S/C17H18N2O6S2/c1-25-15-8-7-14(19-17(20)9-10-26(19,21)22)11-16(15)27(23,24)18-12-13-5-3-2-4-6-13/h2-8,11,18H,9-10,12H2,1H3. The number of hydrogen-bond donors (Lipinski definition) is 1. The Morgan fingerprint density at radius 3 is 2.44 bits per heavy atom. The summed E-state index contributed by atoms with van der Waals surface area (Å²) in [6.07, 6.45) is -0.136. The van der Waals surface area contributed by atoms with Crippen molar-refractivity contribution in [3.05, 3.63) is 54.1 Å². The van der Waals surface area contributed by atoms with Crippen LogP contribution in [0, 0.1) is 0 Å². The average molecular weight is 410 g/mol. The van der Waals surface area contributed by atoms with Gasteiger partial charge in [-0.1, -0.05) is 30.3 Å². The van der Waals surface area contributed by atoms with Crippen molar-refractivity contribution in [2.24, 2.45) is 0 Å². The molecule has 0 unspecified atom stereocenters. The third-order valence-corrected chi connectivity index (χ3v) is 7.17. The van der Waals surface area contributed by atoms with Gasteiger partial charge >= 0.3 is 0 Å². The Morgan fingerprint density at radius 1 is 1.15 bits per heavy atom. The highest BCUT2D eigenvalue weighted by Gasteiger charge is 2.37. The van der Waals surface area contributed by atoms with Gasteiger partial charge in [-0.25, -0.2) is 25.9 Å². The summed E-state index contributed by atoms with van der Waals surface area (Å²) in [6, 6.07) is 12.7. The van der Waals surface area contributed by atoms with Crippen molar-refractivity contribution in [1.29, 1.82) is 0 Å². The van der Waals surface area contributed by atoms with E-state index in [4.69, 9.17) is 4.74 Å². The molecular formula is C17H18N2O6S2. The van der Waals surface area contributed by atoms with Crippen LogP contribution in [0.25, 0.3) is 0 Å². The van der Waals surface area contributed by atoms with Crippen molar-refractivity contribution >= 4 is 31.6 Å². The van der Waals surface area contributed by atoms with Crippen LogP contribution in [-0.2, 0) is 31.4 Å². The summed E-state index contributed by atoms with van der Waals surface area (Å²) in [5.41, 5.74) is 0.729. The average Bonchev–Trinajstić information content (AvgIpc) is 2.93. The van der Waals surface area contributed by atoms with Gasteiger partial charge in [0.15, 0.2) is 0 Å². The lowest BCUT2D eigenvalue weighted by Gasteiger charge is -2.18. The van der Waals surface area contributed by atoms with E-state index in [0.29, 0.717) is 4.31 Å². The topological polar surface area (TPSA) is 110 Å². The number of amides is 1. The Hall–Kier alpha value is -2.43. The van der Waals surface area contributed by atoms with Crippen molar-refractivity contribution in [2.45, 2.75) is 17.9 Å². The van der Waals surface area contributed by atoms with Crippen LogP contribution in [0.2, 0.25) is 0 Å². The molecule has 1 fully saturated rings. The molecule has 1 N–H and O–H groups in total. The van der Waals surface area contributed by atoms with Gasteiger partial charge in [0.2, 0.25) is 26.0 Å². The van der Waals surface area contributed by atoms with Gasteiger partial charge in [-0.3, -0.25) is 4.79 Å². The molecule has 144 valence electrons. The van der Waals surface area contributed by atoms with Crippen LogP contribution >= 0.6 is 0 Å². The lowest BCUT2D eigenvalue weighted by Crippen LogP contribution is -2.30. The van der Waals surface area contributed by atoms with Gasteiger partial charge in [0.05, 0.1) is 18.6 Å². The predicted molar refractivity (Wildman–Crippen MR) is 99.4 cm³/mol. The van der Waals surface area contributed by atoms with Crippen LogP contribution in [0.3, 0.4) is 0 Å². The second-order valence-corrected chi connectivity index (χ2v) is 9.54. The van der Waals surface area contributed by atoms with Crippen LogP contribution in [0.1, 0.15) is 12.0 Å². The highest BCUT2D eigenvalue weighted by atomic mass is 32.2. The van der Waals surface area contributed by atoms with E-state index in [9.17, 15) is 21.6 Å². The van der Waals surface area contributed by atoms with E-state index in [0.717, 1.165) is 11.6 Å². The zero-order valence-electron chi connectivity index (χ0n) is 14.5. The molecule has 2 aromatic rings. The van der Waals surface area contributed by atoms with E-state index in [2.05, 4.69) is 4.72 Å². The molecule has 8 nitrogen and oxygen atoms in total. The SMILES string of the molecule is COc1ccc(N2C(=O)CCS2(=O)=O)cc1S(=O)(=O)NCc1ccccc1.